The Balaban J connectivity index is 1.23. The molecule has 212 valence electrons. The monoisotopic (exact) mass is 545 g/mol. The van der Waals surface area contributed by atoms with Gasteiger partial charge in [0.15, 0.2) is 11.4 Å². The van der Waals surface area contributed by atoms with Gasteiger partial charge in [0.2, 0.25) is 5.95 Å². The van der Waals surface area contributed by atoms with Crippen LogP contribution in [0.5, 0.6) is 6.01 Å². The first-order chi connectivity index (χ1) is 19.4. The number of hydrogen-bond donors (Lipinski definition) is 1. The predicted molar refractivity (Wildman–Crippen MR) is 152 cm³/mol. The lowest BCUT2D eigenvalue weighted by atomic mass is 9.77. The van der Waals surface area contributed by atoms with Gasteiger partial charge in [0.25, 0.3) is 0 Å². The van der Waals surface area contributed by atoms with Gasteiger partial charge in [-0.25, -0.2) is 0 Å². The zero-order valence-corrected chi connectivity index (χ0v) is 23.5. The van der Waals surface area contributed by atoms with Gasteiger partial charge in [0, 0.05) is 37.3 Å². The Bertz CT molecular complexity index is 1350. The Morgan fingerprint density at radius 2 is 1.98 bits per heavy atom. The van der Waals surface area contributed by atoms with Crippen molar-refractivity contribution in [2.75, 3.05) is 18.5 Å². The number of Topliss-reactive ketones (excluding diaryl/α,β-unsaturated/α-hetero) is 1. The minimum Gasteiger partial charge on any atom is -0.457 e. The second-order valence-electron chi connectivity index (χ2n) is 11.3. The SMILES string of the molecule is C=CC(=O)CC1CCC(C(=O)Cc2cccc(CNc3nc(OC4CCOC4)nc4c(C(C)C)cnn34)c2)CC1. The number of hydrogen-bond acceptors (Lipinski definition) is 8. The topological polar surface area (TPSA) is 108 Å². The van der Waals surface area contributed by atoms with Gasteiger partial charge in [-0.2, -0.15) is 19.6 Å². The summed E-state index contributed by atoms with van der Waals surface area (Å²) in [7, 11) is 0. The number of anilines is 1. The second kappa shape index (κ2) is 12.7. The first-order valence-corrected chi connectivity index (χ1v) is 14.4. The molecule has 1 N–H and O–H groups in total. The number of nitrogens with one attached hydrogen (secondary N) is 1. The number of rotatable bonds is 12. The Morgan fingerprint density at radius 3 is 2.70 bits per heavy atom. The van der Waals surface area contributed by atoms with Gasteiger partial charge in [-0.1, -0.05) is 44.7 Å². The number of aromatic nitrogens is 4. The van der Waals surface area contributed by atoms with Crippen molar-refractivity contribution >= 4 is 23.2 Å². The molecule has 1 atom stereocenters. The summed E-state index contributed by atoms with van der Waals surface area (Å²) in [5.41, 5.74) is 3.81. The molecule has 40 heavy (non-hydrogen) atoms. The van der Waals surface area contributed by atoms with E-state index in [0.717, 1.165) is 54.4 Å². The molecule has 9 heteroatoms. The molecule has 3 heterocycles. The van der Waals surface area contributed by atoms with E-state index >= 15 is 0 Å². The molecule has 9 nitrogen and oxygen atoms in total. The Hall–Kier alpha value is -3.59. The van der Waals surface area contributed by atoms with Crippen molar-refractivity contribution in [2.24, 2.45) is 11.8 Å². The number of carbonyl (C=O) groups excluding carboxylic acids is 2. The molecule has 1 saturated carbocycles. The molecular formula is C31H39N5O4. The van der Waals surface area contributed by atoms with E-state index in [1.807, 2.05) is 24.4 Å². The van der Waals surface area contributed by atoms with E-state index in [4.69, 9.17) is 9.47 Å². The van der Waals surface area contributed by atoms with Crippen LogP contribution in [0.3, 0.4) is 0 Å². The summed E-state index contributed by atoms with van der Waals surface area (Å²) in [6.45, 7) is 9.52. The number of allylic oxidation sites excluding steroid dienone is 1. The van der Waals surface area contributed by atoms with E-state index in [1.54, 1.807) is 4.52 Å². The van der Waals surface area contributed by atoms with Gasteiger partial charge < -0.3 is 14.8 Å². The highest BCUT2D eigenvalue weighted by molar-refractivity contribution is 5.89. The normalized spacial score (nSPS) is 21.0. The van der Waals surface area contributed by atoms with Crippen molar-refractivity contribution in [3.05, 3.63) is 59.8 Å². The average molecular weight is 546 g/mol. The van der Waals surface area contributed by atoms with Crippen LogP contribution < -0.4 is 10.1 Å². The smallest absolute Gasteiger partial charge is 0.322 e. The average Bonchev–Trinajstić information content (AvgIpc) is 3.62. The van der Waals surface area contributed by atoms with E-state index in [0.29, 0.717) is 50.5 Å². The van der Waals surface area contributed by atoms with E-state index in [2.05, 4.69) is 46.9 Å². The van der Waals surface area contributed by atoms with Gasteiger partial charge in [0.1, 0.15) is 11.9 Å². The van der Waals surface area contributed by atoms with Crippen molar-refractivity contribution in [3.8, 4) is 6.01 Å². The predicted octanol–water partition coefficient (Wildman–Crippen LogP) is 5.09. The second-order valence-corrected chi connectivity index (χ2v) is 11.3. The van der Waals surface area contributed by atoms with Crippen LogP contribution in [0.1, 0.15) is 75.0 Å². The number of ketones is 2. The minimum atomic E-state index is -0.0559. The number of fused-ring (bicyclic) bond motifs is 1. The molecule has 2 aliphatic rings. The van der Waals surface area contributed by atoms with Crippen LogP contribution in [0.2, 0.25) is 0 Å². The fourth-order valence-electron chi connectivity index (χ4n) is 5.64. The van der Waals surface area contributed by atoms with Crippen LogP contribution in [0.4, 0.5) is 5.95 Å². The van der Waals surface area contributed by atoms with Crippen molar-refractivity contribution in [1.29, 1.82) is 0 Å². The zero-order chi connectivity index (χ0) is 28.1. The molecule has 5 rings (SSSR count). The molecule has 0 radical (unpaired) electrons. The first-order valence-electron chi connectivity index (χ1n) is 14.4. The summed E-state index contributed by atoms with van der Waals surface area (Å²) in [6, 6.07) is 8.43. The van der Waals surface area contributed by atoms with Crippen LogP contribution in [0, 0.1) is 11.8 Å². The molecule has 3 aromatic rings. The molecule has 1 saturated heterocycles. The van der Waals surface area contributed by atoms with Gasteiger partial charge in [-0.3, -0.25) is 9.59 Å². The maximum absolute atomic E-state index is 13.1. The molecule has 2 fully saturated rings. The van der Waals surface area contributed by atoms with Crippen molar-refractivity contribution in [2.45, 2.75) is 77.4 Å². The van der Waals surface area contributed by atoms with Gasteiger partial charge in [0.05, 0.1) is 19.4 Å². The summed E-state index contributed by atoms with van der Waals surface area (Å²) in [4.78, 5) is 34.1. The largest absolute Gasteiger partial charge is 0.457 e. The maximum Gasteiger partial charge on any atom is 0.322 e. The molecule has 0 amide bonds. The lowest BCUT2D eigenvalue weighted by Crippen LogP contribution is -2.24. The zero-order valence-electron chi connectivity index (χ0n) is 23.5. The Kier molecular flexibility index (Phi) is 8.89. The summed E-state index contributed by atoms with van der Waals surface area (Å²) in [5.74, 6) is 1.64. The lowest BCUT2D eigenvalue weighted by Gasteiger charge is -2.27. The summed E-state index contributed by atoms with van der Waals surface area (Å²) < 4.78 is 13.2. The molecular weight excluding hydrogens is 506 g/mol. The van der Waals surface area contributed by atoms with Gasteiger partial charge >= 0.3 is 6.01 Å². The third-order valence-corrected chi connectivity index (χ3v) is 8.00. The van der Waals surface area contributed by atoms with Crippen LogP contribution in [0.15, 0.2) is 43.1 Å². The van der Waals surface area contributed by atoms with E-state index in [1.165, 1.54) is 6.08 Å². The van der Waals surface area contributed by atoms with Crippen molar-refractivity contribution in [1.82, 2.24) is 19.6 Å². The summed E-state index contributed by atoms with van der Waals surface area (Å²) in [5, 5.41) is 7.95. The Morgan fingerprint density at radius 1 is 1.18 bits per heavy atom. The highest BCUT2D eigenvalue weighted by Crippen LogP contribution is 2.32. The van der Waals surface area contributed by atoms with E-state index in [9.17, 15) is 9.59 Å². The molecule has 2 aromatic heterocycles. The highest BCUT2D eigenvalue weighted by atomic mass is 16.6. The number of ether oxygens (including phenoxy) is 2. The molecule has 1 aliphatic heterocycles. The lowest BCUT2D eigenvalue weighted by molar-refractivity contribution is -0.123. The third kappa shape index (κ3) is 6.75. The molecule has 0 bridgehead atoms. The number of carbonyl (C=O) groups is 2. The van der Waals surface area contributed by atoms with Crippen LogP contribution in [-0.4, -0.2) is 50.5 Å². The maximum atomic E-state index is 13.1. The van der Waals surface area contributed by atoms with E-state index in [-0.39, 0.29) is 29.5 Å². The Labute approximate surface area is 235 Å². The van der Waals surface area contributed by atoms with Crippen molar-refractivity contribution in [3.63, 3.8) is 0 Å². The number of benzene rings is 1. The molecule has 1 unspecified atom stereocenters. The summed E-state index contributed by atoms with van der Waals surface area (Å²) >= 11 is 0. The van der Waals surface area contributed by atoms with Gasteiger partial charge in [-0.05, 0) is 54.7 Å². The molecule has 1 aromatic carbocycles. The minimum absolute atomic E-state index is 0.0559. The van der Waals surface area contributed by atoms with Crippen LogP contribution in [0.25, 0.3) is 5.65 Å². The third-order valence-electron chi connectivity index (χ3n) is 8.00. The molecule has 1 aliphatic carbocycles. The summed E-state index contributed by atoms with van der Waals surface area (Å²) in [6.07, 6.45) is 8.55. The quantitative estimate of drug-likeness (QED) is 0.314. The first kappa shape index (κ1) is 28.0. The number of nitrogens with zero attached hydrogens (tertiary/aromatic N) is 4. The van der Waals surface area contributed by atoms with Crippen LogP contribution >= 0.6 is 0 Å². The highest BCUT2D eigenvalue weighted by Gasteiger charge is 2.27. The standard InChI is InChI=1S/C31H39N5O4/c1-4-25(37)15-21-8-10-24(11-9-21)28(38)16-22-6-5-7-23(14-22)17-32-30-35-31(40-26-12-13-39-19-26)34-29-27(20(2)3)18-33-36(29)30/h4-7,14,18,20-21,24,26H,1,8-13,15-17,19H2,2-3H3,(H,32,34,35). The molecule has 0 spiro atoms. The van der Waals surface area contributed by atoms with Crippen LogP contribution in [-0.2, 0) is 27.3 Å². The van der Waals surface area contributed by atoms with E-state index < -0.39 is 0 Å². The fourth-order valence-corrected chi connectivity index (χ4v) is 5.64. The van der Waals surface area contributed by atoms with Gasteiger partial charge in [-0.15, -0.1) is 0 Å². The van der Waals surface area contributed by atoms with Crippen molar-refractivity contribution < 1.29 is 19.1 Å². The fraction of sp³-hybridized carbons (Fsp3) is 0.516.